The van der Waals surface area contributed by atoms with E-state index in [-0.39, 0.29) is 22.8 Å². The highest BCUT2D eigenvalue weighted by Gasteiger charge is 2.34. The molecule has 0 aliphatic carbocycles. The first-order valence-corrected chi connectivity index (χ1v) is 11.8. The summed E-state index contributed by atoms with van der Waals surface area (Å²) in [5, 5.41) is 1.81. The molecule has 0 spiro atoms. The molecule has 1 aromatic heterocycles. The molecular weight excluding hydrogens is 509 g/mol. The molecule has 0 unspecified atom stereocenters. The number of ether oxygens (including phenoxy) is 2. The molecule has 5 rings (SSSR count). The van der Waals surface area contributed by atoms with E-state index in [0.29, 0.717) is 20.5 Å². The van der Waals surface area contributed by atoms with Gasteiger partial charge in [-0.15, -0.1) is 0 Å². The van der Waals surface area contributed by atoms with Gasteiger partial charge in [0.05, 0.1) is 23.9 Å². The van der Waals surface area contributed by atoms with Crippen LogP contribution in [0.4, 0.5) is 10.1 Å². The minimum atomic E-state index is -0.766. The Morgan fingerprint density at radius 3 is 2.74 bits per heavy atom. The molecule has 1 aliphatic heterocycles. The maximum atomic E-state index is 14.0. The van der Waals surface area contributed by atoms with E-state index in [4.69, 9.17) is 33.3 Å². The van der Waals surface area contributed by atoms with Crippen LogP contribution in [0, 0.1) is 5.82 Å². The third-order valence-electron chi connectivity index (χ3n) is 5.18. The Kier molecular flexibility index (Phi) is 6.38. The molecule has 174 valence electrons. The lowest BCUT2D eigenvalue weighted by Crippen LogP contribution is -2.27. The van der Waals surface area contributed by atoms with Gasteiger partial charge in [-0.25, -0.2) is 4.98 Å². The molecule has 6 nitrogen and oxygen atoms in total. The first kappa shape index (κ1) is 23.2. The quantitative estimate of drug-likeness (QED) is 0.165. The third-order valence-corrected chi connectivity index (χ3v) is 6.66. The number of nitrogens with zero attached hydrogens (tertiary/aromatic N) is 3. The number of carbonyl (C=O) groups is 1. The average molecular weight is 524 g/mol. The van der Waals surface area contributed by atoms with Gasteiger partial charge in [-0.1, -0.05) is 66.4 Å². The van der Waals surface area contributed by atoms with Gasteiger partial charge in [0, 0.05) is 5.39 Å². The van der Waals surface area contributed by atoms with Crippen molar-refractivity contribution >= 4 is 68.3 Å². The largest absolute Gasteiger partial charge is 0.493 e. The van der Waals surface area contributed by atoms with Crippen molar-refractivity contribution in [2.24, 2.45) is 0 Å². The van der Waals surface area contributed by atoms with Crippen LogP contribution in [0.25, 0.3) is 16.8 Å². The Bertz CT molecular complexity index is 1520. The monoisotopic (exact) mass is 523 g/mol. The normalized spacial score (nSPS) is 14.7. The Labute approximate surface area is 214 Å². The van der Waals surface area contributed by atoms with Gasteiger partial charge in [-0.2, -0.15) is 9.37 Å². The maximum Gasteiger partial charge on any atom is 0.270 e. The summed E-state index contributed by atoms with van der Waals surface area (Å²) in [4.78, 5) is 22.6. The second-order valence-electron chi connectivity index (χ2n) is 7.32. The summed E-state index contributed by atoms with van der Waals surface area (Å²) in [6.07, 6.45) is 2.64. The summed E-state index contributed by atoms with van der Waals surface area (Å²) in [7, 11) is 1.45. The molecule has 1 amide bonds. The molecule has 0 saturated carbocycles. The first-order valence-electron chi connectivity index (χ1n) is 10.2. The van der Waals surface area contributed by atoms with Crippen molar-refractivity contribution in [1.82, 2.24) is 9.97 Å². The van der Waals surface area contributed by atoms with Gasteiger partial charge in [0.25, 0.3) is 11.8 Å². The minimum Gasteiger partial charge on any atom is -0.493 e. The SMILES string of the molecule is COc1cc(/C=C2/SC(=S)N(c3cccc4ccccc34)C2=O)ccc1Oc1nc(Cl)ncc1F. The van der Waals surface area contributed by atoms with Gasteiger partial charge in [0.1, 0.15) is 0 Å². The second-order valence-corrected chi connectivity index (χ2v) is 9.33. The van der Waals surface area contributed by atoms with Crippen LogP contribution in [0.5, 0.6) is 17.4 Å². The predicted molar refractivity (Wildman–Crippen MR) is 140 cm³/mol. The number of aromatic nitrogens is 2. The van der Waals surface area contributed by atoms with Crippen LogP contribution < -0.4 is 14.4 Å². The van der Waals surface area contributed by atoms with Gasteiger partial charge < -0.3 is 9.47 Å². The molecule has 2 heterocycles. The number of benzene rings is 3. The van der Waals surface area contributed by atoms with Crippen LogP contribution >= 0.6 is 35.6 Å². The number of carbonyl (C=O) groups excluding carboxylic acids is 1. The summed E-state index contributed by atoms with van der Waals surface area (Å²) >= 11 is 12.5. The van der Waals surface area contributed by atoms with E-state index >= 15 is 0 Å². The number of anilines is 1. The fraction of sp³-hybridized carbons (Fsp3) is 0.0400. The van der Waals surface area contributed by atoms with E-state index in [1.54, 1.807) is 29.2 Å². The van der Waals surface area contributed by atoms with Crippen LogP contribution in [-0.2, 0) is 4.79 Å². The van der Waals surface area contributed by atoms with Gasteiger partial charge in [0.2, 0.25) is 11.1 Å². The zero-order valence-electron chi connectivity index (χ0n) is 18.1. The molecule has 1 aliphatic rings. The van der Waals surface area contributed by atoms with Gasteiger partial charge in [-0.05, 0) is 46.8 Å². The molecule has 1 fully saturated rings. The summed E-state index contributed by atoms with van der Waals surface area (Å²) in [5.74, 6) is -0.767. The number of rotatable bonds is 5. The van der Waals surface area contributed by atoms with E-state index in [2.05, 4.69) is 9.97 Å². The summed E-state index contributed by atoms with van der Waals surface area (Å²) in [6, 6.07) is 18.6. The number of hydrogen-bond donors (Lipinski definition) is 0. The molecule has 35 heavy (non-hydrogen) atoms. The van der Waals surface area contributed by atoms with Crippen LogP contribution in [0.15, 0.2) is 71.8 Å². The highest BCUT2D eigenvalue weighted by Crippen LogP contribution is 2.40. The van der Waals surface area contributed by atoms with E-state index in [1.807, 2.05) is 42.5 Å². The highest BCUT2D eigenvalue weighted by molar-refractivity contribution is 8.27. The van der Waals surface area contributed by atoms with Crippen molar-refractivity contribution in [1.29, 1.82) is 0 Å². The van der Waals surface area contributed by atoms with Crippen LogP contribution in [0.2, 0.25) is 5.28 Å². The van der Waals surface area contributed by atoms with Crippen molar-refractivity contribution < 1.29 is 18.7 Å². The number of amides is 1. The van der Waals surface area contributed by atoms with Crippen LogP contribution in [0.3, 0.4) is 0 Å². The molecule has 0 N–H and O–H groups in total. The van der Waals surface area contributed by atoms with E-state index in [1.165, 1.54) is 18.9 Å². The standard InChI is InChI=1S/C25H15ClFN3O3S2/c1-32-20-11-14(9-10-19(20)33-22-17(27)13-28-24(26)29-22)12-21-23(31)30(25(34)35-21)18-8-4-6-15-5-2-3-7-16(15)18/h2-13H,1H3/b21-12+. The fourth-order valence-electron chi connectivity index (χ4n) is 3.60. The zero-order chi connectivity index (χ0) is 24.5. The molecule has 0 bridgehead atoms. The van der Waals surface area contributed by atoms with Crippen molar-refractivity contribution in [3.8, 4) is 17.4 Å². The van der Waals surface area contributed by atoms with Gasteiger partial charge in [0.15, 0.2) is 15.8 Å². The van der Waals surface area contributed by atoms with E-state index in [9.17, 15) is 9.18 Å². The van der Waals surface area contributed by atoms with E-state index < -0.39 is 5.82 Å². The molecule has 1 saturated heterocycles. The molecule has 10 heteroatoms. The smallest absolute Gasteiger partial charge is 0.270 e. The number of fused-ring (bicyclic) bond motifs is 1. The Hall–Kier alpha value is -3.53. The Morgan fingerprint density at radius 1 is 1.11 bits per heavy atom. The first-order chi connectivity index (χ1) is 16.9. The minimum absolute atomic E-state index is 0.148. The number of halogens is 2. The van der Waals surface area contributed by atoms with Gasteiger partial charge >= 0.3 is 0 Å². The maximum absolute atomic E-state index is 14.0. The van der Waals surface area contributed by atoms with Crippen molar-refractivity contribution in [3.05, 3.63) is 88.4 Å². The lowest BCUT2D eigenvalue weighted by Gasteiger charge is -2.17. The third kappa shape index (κ3) is 4.58. The molecular formula is C25H15ClFN3O3S2. The summed E-state index contributed by atoms with van der Waals surface area (Å²) in [6.45, 7) is 0. The lowest BCUT2D eigenvalue weighted by atomic mass is 10.1. The Morgan fingerprint density at radius 2 is 1.91 bits per heavy atom. The zero-order valence-corrected chi connectivity index (χ0v) is 20.5. The summed E-state index contributed by atoms with van der Waals surface area (Å²) < 4.78 is 25.4. The molecule has 0 atom stereocenters. The average Bonchev–Trinajstić information content (AvgIpc) is 3.14. The molecule has 4 aromatic rings. The van der Waals surface area contributed by atoms with Crippen LogP contribution in [-0.4, -0.2) is 27.3 Å². The van der Waals surface area contributed by atoms with Crippen molar-refractivity contribution in [2.75, 3.05) is 12.0 Å². The number of methoxy groups -OCH3 is 1. The predicted octanol–water partition coefficient (Wildman–Crippen LogP) is 6.63. The highest BCUT2D eigenvalue weighted by atomic mass is 35.5. The van der Waals surface area contributed by atoms with Crippen molar-refractivity contribution in [2.45, 2.75) is 0 Å². The van der Waals surface area contributed by atoms with E-state index in [0.717, 1.165) is 22.7 Å². The molecule has 3 aromatic carbocycles. The topological polar surface area (TPSA) is 64.5 Å². The van der Waals surface area contributed by atoms with Crippen molar-refractivity contribution in [3.63, 3.8) is 0 Å². The number of thioether (sulfide) groups is 1. The van der Waals surface area contributed by atoms with Crippen LogP contribution in [0.1, 0.15) is 5.56 Å². The number of thiocarbonyl (C=S) groups is 1. The fourth-order valence-corrected chi connectivity index (χ4v) is 5.01. The number of hydrogen-bond acceptors (Lipinski definition) is 7. The summed E-state index contributed by atoms with van der Waals surface area (Å²) in [5.41, 5.74) is 1.41. The molecule has 0 radical (unpaired) electrons. The second kappa shape index (κ2) is 9.61. The lowest BCUT2D eigenvalue weighted by molar-refractivity contribution is -0.113. The van der Waals surface area contributed by atoms with Gasteiger partial charge in [-0.3, -0.25) is 9.69 Å². The Balaban J connectivity index is 1.45.